The van der Waals surface area contributed by atoms with E-state index >= 15 is 0 Å². The predicted molar refractivity (Wildman–Crippen MR) is 91.5 cm³/mol. The summed E-state index contributed by atoms with van der Waals surface area (Å²) in [7, 11) is 0. The summed E-state index contributed by atoms with van der Waals surface area (Å²) in [6.07, 6.45) is -3.35. The molecule has 0 radical (unpaired) electrons. The fourth-order valence-electron chi connectivity index (χ4n) is 1.99. The standard InChI is InChI=1S/C17H16F3N3O2S/c1-3-14(24)21-8-11-4-6-12(7-5-11)15(25)22-10(2)16-23-13(9-26-16)17(18,19)20/h3-7,9-10H,1,8H2,2H3,(H,21,24)(H,22,25). The van der Waals surface area contributed by atoms with E-state index < -0.39 is 23.8 Å². The average Bonchev–Trinajstić information content (AvgIpc) is 3.10. The summed E-state index contributed by atoms with van der Waals surface area (Å²) in [5, 5.41) is 6.32. The fraction of sp³-hybridized carbons (Fsp3) is 0.235. The number of amides is 2. The normalized spacial score (nSPS) is 12.3. The van der Waals surface area contributed by atoms with Gasteiger partial charge in [0.2, 0.25) is 5.91 Å². The minimum atomic E-state index is -4.50. The third kappa shape index (κ3) is 5.16. The van der Waals surface area contributed by atoms with Crippen molar-refractivity contribution in [1.82, 2.24) is 15.6 Å². The number of aromatic nitrogens is 1. The maximum atomic E-state index is 12.6. The van der Waals surface area contributed by atoms with E-state index in [0.29, 0.717) is 12.1 Å². The first-order chi connectivity index (χ1) is 12.2. The lowest BCUT2D eigenvalue weighted by Crippen LogP contribution is -2.26. The highest BCUT2D eigenvalue weighted by Gasteiger charge is 2.34. The van der Waals surface area contributed by atoms with Crippen molar-refractivity contribution in [3.8, 4) is 0 Å². The van der Waals surface area contributed by atoms with Gasteiger partial charge in [-0.3, -0.25) is 9.59 Å². The molecule has 1 atom stereocenters. The predicted octanol–water partition coefficient (Wildman–Crippen LogP) is 3.46. The highest BCUT2D eigenvalue weighted by molar-refractivity contribution is 7.09. The van der Waals surface area contributed by atoms with Crippen LogP contribution in [0.1, 0.15) is 39.6 Å². The quantitative estimate of drug-likeness (QED) is 0.751. The molecule has 2 rings (SSSR count). The molecule has 2 N–H and O–H groups in total. The lowest BCUT2D eigenvalue weighted by Gasteiger charge is -2.12. The van der Waals surface area contributed by atoms with E-state index in [4.69, 9.17) is 0 Å². The maximum absolute atomic E-state index is 12.6. The number of nitrogens with one attached hydrogen (secondary N) is 2. The van der Waals surface area contributed by atoms with Crippen LogP contribution in [-0.2, 0) is 17.5 Å². The van der Waals surface area contributed by atoms with Crippen LogP contribution in [0.5, 0.6) is 0 Å². The van der Waals surface area contributed by atoms with Gasteiger partial charge in [0, 0.05) is 17.5 Å². The molecule has 2 amide bonds. The Morgan fingerprint density at radius 1 is 1.31 bits per heavy atom. The molecular formula is C17H16F3N3O2S. The van der Waals surface area contributed by atoms with Gasteiger partial charge < -0.3 is 10.6 Å². The monoisotopic (exact) mass is 383 g/mol. The molecule has 26 heavy (non-hydrogen) atoms. The van der Waals surface area contributed by atoms with Crippen LogP contribution in [0.15, 0.2) is 42.3 Å². The molecule has 1 heterocycles. The van der Waals surface area contributed by atoms with Crippen LogP contribution in [0.25, 0.3) is 0 Å². The molecule has 0 aliphatic heterocycles. The number of hydrogen-bond acceptors (Lipinski definition) is 4. The van der Waals surface area contributed by atoms with Gasteiger partial charge >= 0.3 is 6.18 Å². The van der Waals surface area contributed by atoms with Crippen LogP contribution in [0, 0.1) is 0 Å². The molecule has 0 aliphatic carbocycles. The second-order valence-corrected chi connectivity index (χ2v) is 6.27. The van der Waals surface area contributed by atoms with E-state index in [9.17, 15) is 22.8 Å². The Hall–Kier alpha value is -2.68. The van der Waals surface area contributed by atoms with Crippen LogP contribution >= 0.6 is 11.3 Å². The van der Waals surface area contributed by atoms with Gasteiger partial charge in [-0.15, -0.1) is 11.3 Å². The molecule has 5 nitrogen and oxygen atoms in total. The zero-order valence-electron chi connectivity index (χ0n) is 13.8. The van der Waals surface area contributed by atoms with Crippen molar-refractivity contribution in [3.05, 3.63) is 64.1 Å². The van der Waals surface area contributed by atoms with Gasteiger partial charge in [0.25, 0.3) is 5.91 Å². The summed E-state index contributed by atoms with van der Waals surface area (Å²) in [4.78, 5) is 26.8. The summed E-state index contributed by atoms with van der Waals surface area (Å²) in [5.41, 5.74) is 0.173. The number of carbonyl (C=O) groups excluding carboxylic acids is 2. The third-order valence-electron chi connectivity index (χ3n) is 3.40. The molecule has 2 aromatic rings. The van der Waals surface area contributed by atoms with Gasteiger partial charge in [-0.2, -0.15) is 13.2 Å². The van der Waals surface area contributed by atoms with E-state index in [0.717, 1.165) is 28.4 Å². The highest BCUT2D eigenvalue weighted by atomic mass is 32.1. The zero-order chi connectivity index (χ0) is 19.3. The summed E-state index contributed by atoms with van der Waals surface area (Å²) in [5.74, 6) is -0.731. The molecule has 0 fully saturated rings. The lowest BCUT2D eigenvalue weighted by atomic mass is 10.1. The topological polar surface area (TPSA) is 71.1 Å². The van der Waals surface area contributed by atoms with E-state index in [1.54, 1.807) is 31.2 Å². The van der Waals surface area contributed by atoms with Crippen LogP contribution in [-0.4, -0.2) is 16.8 Å². The van der Waals surface area contributed by atoms with Gasteiger partial charge in [-0.1, -0.05) is 18.7 Å². The van der Waals surface area contributed by atoms with Crippen LogP contribution in [0.4, 0.5) is 13.2 Å². The van der Waals surface area contributed by atoms with Gasteiger partial charge in [0.05, 0.1) is 6.04 Å². The summed E-state index contributed by atoms with van der Waals surface area (Å²) < 4.78 is 37.8. The fourth-order valence-corrected chi connectivity index (χ4v) is 2.83. The number of nitrogens with zero attached hydrogens (tertiary/aromatic N) is 1. The average molecular weight is 383 g/mol. The molecule has 1 unspecified atom stereocenters. The smallest absolute Gasteiger partial charge is 0.348 e. The van der Waals surface area contributed by atoms with Gasteiger partial charge in [0.15, 0.2) is 5.69 Å². The second kappa shape index (κ2) is 8.13. The minimum absolute atomic E-state index is 0.175. The Bertz CT molecular complexity index is 800. The summed E-state index contributed by atoms with van der Waals surface area (Å²) >= 11 is 0.841. The number of thiazole rings is 1. The number of carbonyl (C=O) groups is 2. The van der Waals surface area contributed by atoms with Gasteiger partial charge in [-0.25, -0.2) is 4.98 Å². The Kier molecular flexibility index (Phi) is 6.14. The van der Waals surface area contributed by atoms with Crippen molar-refractivity contribution >= 4 is 23.2 Å². The van der Waals surface area contributed by atoms with Crippen molar-refractivity contribution in [2.75, 3.05) is 0 Å². The molecule has 0 saturated carbocycles. The lowest BCUT2D eigenvalue weighted by molar-refractivity contribution is -0.140. The van der Waals surface area contributed by atoms with Crippen LogP contribution < -0.4 is 10.6 Å². The van der Waals surface area contributed by atoms with Crippen molar-refractivity contribution in [2.24, 2.45) is 0 Å². The molecule has 1 aromatic heterocycles. The SMILES string of the molecule is C=CC(=O)NCc1ccc(C(=O)NC(C)c2nc(C(F)(F)F)cs2)cc1. The number of alkyl halides is 3. The maximum Gasteiger partial charge on any atom is 0.434 e. The molecule has 9 heteroatoms. The Morgan fingerprint density at radius 2 is 1.96 bits per heavy atom. The van der Waals surface area contributed by atoms with Gasteiger partial charge in [-0.05, 0) is 30.7 Å². The number of rotatable bonds is 6. The number of hydrogen-bond donors (Lipinski definition) is 2. The molecule has 138 valence electrons. The first-order valence-electron chi connectivity index (χ1n) is 7.53. The van der Waals surface area contributed by atoms with Crippen LogP contribution in [0.3, 0.4) is 0 Å². The molecule has 0 aliphatic rings. The van der Waals surface area contributed by atoms with E-state index in [1.807, 2.05) is 0 Å². The molecule has 0 saturated heterocycles. The minimum Gasteiger partial charge on any atom is -0.348 e. The van der Waals surface area contributed by atoms with Gasteiger partial charge in [0.1, 0.15) is 5.01 Å². The number of halogens is 3. The molecule has 0 spiro atoms. The molecular weight excluding hydrogens is 367 g/mol. The summed E-state index contributed by atoms with van der Waals surface area (Å²) in [6.45, 7) is 5.21. The number of benzene rings is 1. The first kappa shape index (κ1) is 19.6. The van der Waals surface area contributed by atoms with Crippen molar-refractivity contribution in [2.45, 2.75) is 25.7 Å². The van der Waals surface area contributed by atoms with E-state index in [-0.39, 0.29) is 10.9 Å². The summed E-state index contributed by atoms with van der Waals surface area (Å²) in [6, 6.07) is 5.83. The van der Waals surface area contributed by atoms with Crippen molar-refractivity contribution in [1.29, 1.82) is 0 Å². The Morgan fingerprint density at radius 3 is 2.50 bits per heavy atom. The Labute approximate surface area is 151 Å². The Balaban J connectivity index is 1.97. The highest BCUT2D eigenvalue weighted by Crippen LogP contribution is 2.31. The molecule has 1 aromatic carbocycles. The van der Waals surface area contributed by atoms with E-state index in [1.165, 1.54) is 0 Å². The van der Waals surface area contributed by atoms with E-state index in [2.05, 4.69) is 22.2 Å². The molecule has 0 bridgehead atoms. The largest absolute Gasteiger partial charge is 0.434 e. The van der Waals surface area contributed by atoms with Crippen molar-refractivity contribution in [3.63, 3.8) is 0 Å². The van der Waals surface area contributed by atoms with Crippen LogP contribution in [0.2, 0.25) is 0 Å². The third-order valence-corrected chi connectivity index (χ3v) is 4.43. The van der Waals surface area contributed by atoms with Crippen molar-refractivity contribution < 1.29 is 22.8 Å². The second-order valence-electron chi connectivity index (χ2n) is 5.38. The zero-order valence-corrected chi connectivity index (χ0v) is 14.6. The first-order valence-corrected chi connectivity index (χ1v) is 8.41.